The number of amides is 2. The lowest BCUT2D eigenvalue weighted by atomic mass is 10.0. The molecule has 2 aromatic rings. The molecule has 1 heterocycles. The summed E-state index contributed by atoms with van der Waals surface area (Å²) in [5, 5.41) is 3.72. The molecule has 0 aromatic heterocycles. The van der Waals surface area contributed by atoms with Crippen molar-refractivity contribution in [3.8, 4) is 5.75 Å². The van der Waals surface area contributed by atoms with Crippen LogP contribution in [0.4, 0.5) is 5.69 Å². The van der Waals surface area contributed by atoms with Crippen molar-refractivity contribution in [2.75, 3.05) is 19.0 Å². The van der Waals surface area contributed by atoms with E-state index in [1.807, 2.05) is 13.0 Å². The molecule has 1 aliphatic rings. The fourth-order valence-corrected chi connectivity index (χ4v) is 3.22. The maximum Gasteiger partial charge on any atom is 0.278 e. The second-order valence-corrected chi connectivity index (χ2v) is 6.48. The summed E-state index contributed by atoms with van der Waals surface area (Å²) in [6, 6.07) is 12.4. The first kappa shape index (κ1) is 18.7. The second-order valence-electron chi connectivity index (χ2n) is 6.04. The zero-order valence-corrected chi connectivity index (χ0v) is 15.8. The SMILES string of the molecule is C=CCN1C(=O)C(Nc2ccc(Cl)cc2C)=C(c2ccccc2OC)C1=O. The fraction of sp³-hybridized carbons (Fsp3) is 0.143. The Morgan fingerprint density at radius 3 is 2.59 bits per heavy atom. The molecule has 2 amide bonds. The highest BCUT2D eigenvalue weighted by Crippen LogP contribution is 2.35. The summed E-state index contributed by atoms with van der Waals surface area (Å²) in [5.41, 5.74) is 2.59. The summed E-state index contributed by atoms with van der Waals surface area (Å²) in [6.07, 6.45) is 1.52. The maximum atomic E-state index is 13.0. The van der Waals surface area contributed by atoms with Gasteiger partial charge in [-0.3, -0.25) is 14.5 Å². The van der Waals surface area contributed by atoms with Crippen LogP contribution >= 0.6 is 11.6 Å². The zero-order valence-electron chi connectivity index (χ0n) is 15.1. The molecular weight excluding hydrogens is 364 g/mol. The fourth-order valence-electron chi connectivity index (χ4n) is 2.99. The Labute approximate surface area is 162 Å². The minimum atomic E-state index is -0.407. The van der Waals surface area contributed by atoms with Gasteiger partial charge in [0.05, 0.1) is 12.7 Å². The molecule has 0 atom stereocenters. The molecule has 0 saturated carbocycles. The van der Waals surface area contributed by atoms with Crippen LogP contribution in [0.5, 0.6) is 5.75 Å². The molecule has 0 unspecified atom stereocenters. The molecule has 0 aliphatic carbocycles. The molecule has 27 heavy (non-hydrogen) atoms. The molecule has 0 radical (unpaired) electrons. The van der Waals surface area contributed by atoms with Crippen LogP contribution in [0.3, 0.4) is 0 Å². The first-order valence-electron chi connectivity index (χ1n) is 8.35. The van der Waals surface area contributed by atoms with E-state index >= 15 is 0 Å². The number of anilines is 1. The van der Waals surface area contributed by atoms with E-state index in [2.05, 4.69) is 11.9 Å². The number of aryl methyl sites for hydroxylation is 1. The first-order chi connectivity index (χ1) is 13.0. The minimum Gasteiger partial charge on any atom is -0.496 e. The van der Waals surface area contributed by atoms with E-state index in [0.29, 0.717) is 22.0 Å². The molecule has 0 bridgehead atoms. The third-order valence-electron chi connectivity index (χ3n) is 4.30. The number of benzene rings is 2. The number of carbonyl (C=O) groups is 2. The topological polar surface area (TPSA) is 58.6 Å². The average molecular weight is 383 g/mol. The highest BCUT2D eigenvalue weighted by atomic mass is 35.5. The van der Waals surface area contributed by atoms with Gasteiger partial charge in [-0.25, -0.2) is 0 Å². The van der Waals surface area contributed by atoms with Crippen molar-refractivity contribution in [1.29, 1.82) is 0 Å². The van der Waals surface area contributed by atoms with Gasteiger partial charge in [0.2, 0.25) is 0 Å². The molecule has 1 N–H and O–H groups in total. The molecular formula is C21H19ClN2O3. The van der Waals surface area contributed by atoms with E-state index in [-0.39, 0.29) is 17.8 Å². The van der Waals surface area contributed by atoms with Gasteiger partial charge in [-0.1, -0.05) is 35.9 Å². The van der Waals surface area contributed by atoms with Gasteiger partial charge in [0.15, 0.2) is 0 Å². The number of nitrogens with one attached hydrogen (secondary N) is 1. The van der Waals surface area contributed by atoms with E-state index in [9.17, 15) is 9.59 Å². The number of para-hydroxylation sites is 1. The van der Waals surface area contributed by atoms with Crippen LogP contribution in [0.25, 0.3) is 5.57 Å². The minimum absolute atomic E-state index is 0.126. The quantitative estimate of drug-likeness (QED) is 0.605. The van der Waals surface area contributed by atoms with Crippen LogP contribution < -0.4 is 10.1 Å². The predicted molar refractivity (Wildman–Crippen MR) is 107 cm³/mol. The largest absolute Gasteiger partial charge is 0.496 e. The predicted octanol–water partition coefficient (Wildman–Crippen LogP) is 4.04. The number of hydrogen-bond acceptors (Lipinski definition) is 4. The number of carbonyl (C=O) groups excluding carboxylic acids is 2. The summed E-state index contributed by atoms with van der Waals surface area (Å²) >= 11 is 6.02. The average Bonchev–Trinajstić information content (AvgIpc) is 2.88. The van der Waals surface area contributed by atoms with Crippen LogP contribution in [0.2, 0.25) is 5.02 Å². The van der Waals surface area contributed by atoms with Crippen molar-refractivity contribution in [3.05, 3.63) is 77.0 Å². The molecule has 5 nitrogen and oxygen atoms in total. The normalized spacial score (nSPS) is 14.0. The molecule has 0 fully saturated rings. The van der Waals surface area contributed by atoms with Gasteiger partial charge >= 0.3 is 0 Å². The van der Waals surface area contributed by atoms with Crippen molar-refractivity contribution >= 4 is 34.7 Å². The van der Waals surface area contributed by atoms with Crippen molar-refractivity contribution in [1.82, 2.24) is 4.90 Å². The number of methoxy groups -OCH3 is 1. The summed E-state index contributed by atoms with van der Waals surface area (Å²) in [5.74, 6) is -0.282. The number of rotatable bonds is 6. The molecule has 6 heteroatoms. The van der Waals surface area contributed by atoms with Gasteiger partial charge in [-0.15, -0.1) is 6.58 Å². The molecule has 1 aliphatic heterocycles. The third kappa shape index (κ3) is 3.46. The number of ether oxygens (including phenoxy) is 1. The monoisotopic (exact) mass is 382 g/mol. The van der Waals surface area contributed by atoms with E-state index in [0.717, 1.165) is 10.5 Å². The van der Waals surface area contributed by atoms with Crippen LogP contribution in [-0.4, -0.2) is 30.4 Å². The highest BCUT2D eigenvalue weighted by Gasteiger charge is 2.39. The van der Waals surface area contributed by atoms with Crippen molar-refractivity contribution in [2.45, 2.75) is 6.92 Å². The molecule has 138 valence electrons. The van der Waals surface area contributed by atoms with Gasteiger partial charge in [-0.2, -0.15) is 0 Å². The Morgan fingerprint density at radius 2 is 1.93 bits per heavy atom. The van der Waals surface area contributed by atoms with Gasteiger partial charge in [0.25, 0.3) is 11.8 Å². The van der Waals surface area contributed by atoms with E-state index in [1.54, 1.807) is 36.4 Å². The summed E-state index contributed by atoms with van der Waals surface area (Å²) in [4.78, 5) is 27.1. The van der Waals surface area contributed by atoms with E-state index < -0.39 is 11.8 Å². The zero-order chi connectivity index (χ0) is 19.6. The smallest absolute Gasteiger partial charge is 0.278 e. The van der Waals surface area contributed by atoms with E-state index in [1.165, 1.54) is 13.2 Å². The summed E-state index contributed by atoms with van der Waals surface area (Å²) < 4.78 is 5.39. The second kappa shape index (κ2) is 7.68. The summed E-state index contributed by atoms with van der Waals surface area (Å²) in [7, 11) is 1.53. The van der Waals surface area contributed by atoms with Gasteiger partial charge < -0.3 is 10.1 Å². The number of imide groups is 1. The highest BCUT2D eigenvalue weighted by molar-refractivity contribution is 6.37. The van der Waals surface area contributed by atoms with E-state index in [4.69, 9.17) is 16.3 Å². The lowest BCUT2D eigenvalue weighted by molar-refractivity contribution is -0.136. The Kier molecular flexibility index (Phi) is 5.33. The lowest BCUT2D eigenvalue weighted by Gasteiger charge is -2.13. The van der Waals surface area contributed by atoms with Crippen molar-refractivity contribution in [3.63, 3.8) is 0 Å². The Morgan fingerprint density at radius 1 is 1.19 bits per heavy atom. The molecule has 2 aromatic carbocycles. The standard InChI is InChI=1S/C21H19ClN2O3/c1-4-11-24-20(25)18(15-7-5-6-8-17(15)27-3)19(21(24)26)23-16-10-9-14(22)12-13(16)2/h4-10,12,23H,1,11H2,2-3H3. The van der Waals surface area contributed by atoms with Crippen LogP contribution in [0.15, 0.2) is 60.8 Å². The first-order valence-corrected chi connectivity index (χ1v) is 8.73. The van der Waals surface area contributed by atoms with Gasteiger partial charge in [-0.05, 0) is 36.8 Å². The Balaban J connectivity index is 2.16. The molecule has 0 spiro atoms. The number of hydrogen-bond donors (Lipinski definition) is 1. The lowest BCUT2D eigenvalue weighted by Crippen LogP contribution is -2.32. The van der Waals surface area contributed by atoms with Gasteiger partial charge in [0, 0.05) is 22.8 Å². The van der Waals surface area contributed by atoms with Crippen LogP contribution in [0, 0.1) is 6.92 Å². The number of halogens is 1. The summed E-state index contributed by atoms with van der Waals surface area (Å²) in [6.45, 7) is 5.63. The van der Waals surface area contributed by atoms with Crippen molar-refractivity contribution in [2.24, 2.45) is 0 Å². The van der Waals surface area contributed by atoms with Crippen LogP contribution in [0.1, 0.15) is 11.1 Å². The number of nitrogens with zero attached hydrogens (tertiary/aromatic N) is 1. The molecule has 0 saturated heterocycles. The maximum absolute atomic E-state index is 13.0. The molecule has 3 rings (SSSR count). The Hall–Kier alpha value is -3.05. The Bertz CT molecular complexity index is 966. The van der Waals surface area contributed by atoms with Crippen LogP contribution in [-0.2, 0) is 9.59 Å². The van der Waals surface area contributed by atoms with Gasteiger partial charge in [0.1, 0.15) is 11.4 Å². The van der Waals surface area contributed by atoms with Crippen molar-refractivity contribution < 1.29 is 14.3 Å². The third-order valence-corrected chi connectivity index (χ3v) is 4.54.